The minimum Gasteiger partial charge on any atom is -0.477 e. The van der Waals surface area contributed by atoms with Crippen LogP contribution in [0.15, 0.2) is 11.3 Å². The summed E-state index contributed by atoms with van der Waals surface area (Å²) in [6.45, 7) is 0. The Balaban J connectivity index is 2.29. The summed E-state index contributed by atoms with van der Waals surface area (Å²) in [5, 5.41) is 11.1. The molecule has 2 N–H and O–H groups in total. The largest absolute Gasteiger partial charge is 0.477 e. The minimum atomic E-state index is -1.16. The van der Waals surface area contributed by atoms with Gasteiger partial charge in [-0.2, -0.15) is 0 Å². The van der Waals surface area contributed by atoms with Crippen molar-refractivity contribution >= 4 is 41.6 Å². The van der Waals surface area contributed by atoms with Crippen molar-refractivity contribution < 1.29 is 19.5 Å². The van der Waals surface area contributed by atoms with Gasteiger partial charge in [-0.1, -0.05) is 0 Å². The first-order valence-electron chi connectivity index (χ1n) is 4.77. The number of carboxylic acids is 1. The summed E-state index contributed by atoms with van der Waals surface area (Å²) >= 11 is 7.05. The molecule has 0 aromatic heterocycles. The van der Waals surface area contributed by atoms with Crippen LogP contribution in [0.1, 0.15) is 0 Å². The third-order valence-electron chi connectivity index (χ3n) is 2.66. The van der Waals surface area contributed by atoms with E-state index in [-0.39, 0.29) is 17.0 Å². The molecule has 2 heterocycles. The molecule has 0 bridgehead atoms. The highest BCUT2D eigenvalue weighted by molar-refractivity contribution is 8.00. The number of amides is 2. The maximum absolute atomic E-state index is 11.7. The average molecular weight is 277 g/mol. The Morgan fingerprint density at radius 1 is 1.71 bits per heavy atom. The maximum atomic E-state index is 11.7. The van der Waals surface area contributed by atoms with Crippen LogP contribution in [-0.4, -0.2) is 51.3 Å². The Kier molecular flexibility index (Phi) is 3.30. The predicted octanol–water partition coefficient (Wildman–Crippen LogP) is -0.406. The van der Waals surface area contributed by atoms with Gasteiger partial charge in [0.2, 0.25) is 6.41 Å². The SMILES string of the molecule is O=CNC1C(=O)N2C(C(=O)O)=C(CCl)CSC12. The minimum absolute atomic E-state index is 0.0438. The summed E-state index contributed by atoms with van der Waals surface area (Å²) in [6, 6.07) is -0.635. The molecule has 2 unspecified atom stereocenters. The standard InChI is InChI=1S/C9H9ClN2O4S/c10-1-4-2-17-8-5(11-3-13)7(14)12(8)6(4)9(15)16/h3,5,8H,1-2H2,(H,11,13)(H,15,16). The van der Waals surface area contributed by atoms with Crippen molar-refractivity contribution in [1.29, 1.82) is 0 Å². The van der Waals surface area contributed by atoms with E-state index in [1.807, 2.05) is 0 Å². The smallest absolute Gasteiger partial charge is 0.352 e. The third-order valence-corrected chi connectivity index (χ3v) is 4.32. The molecule has 8 heteroatoms. The number of halogens is 1. The highest BCUT2D eigenvalue weighted by atomic mass is 35.5. The summed E-state index contributed by atoms with van der Waals surface area (Å²) in [5.41, 5.74) is 0.482. The highest BCUT2D eigenvalue weighted by Gasteiger charge is 2.53. The topological polar surface area (TPSA) is 86.7 Å². The van der Waals surface area contributed by atoms with E-state index in [1.165, 1.54) is 16.7 Å². The molecular weight excluding hydrogens is 268 g/mol. The highest BCUT2D eigenvalue weighted by Crippen LogP contribution is 2.40. The number of hydrogen-bond acceptors (Lipinski definition) is 4. The molecule has 1 saturated heterocycles. The summed E-state index contributed by atoms with van der Waals surface area (Å²) in [6.07, 6.45) is 0.446. The van der Waals surface area contributed by atoms with Crippen molar-refractivity contribution in [2.45, 2.75) is 11.4 Å². The van der Waals surface area contributed by atoms with Gasteiger partial charge in [0.05, 0.1) is 0 Å². The lowest BCUT2D eigenvalue weighted by atomic mass is 10.0. The van der Waals surface area contributed by atoms with E-state index < -0.39 is 17.9 Å². The Bertz CT molecular complexity index is 425. The van der Waals surface area contributed by atoms with E-state index in [0.29, 0.717) is 17.7 Å². The van der Waals surface area contributed by atoms with Crippen molar-refractivity contribution in [3.63, 3.8) is 0 Å². The fraction of sp³-hybridized carbons (Fsp3) is 0.444. The van der Waals surface area contributed by atoms with E-state index in [1.54, 1.807) is 0 Å². The zero-order valence-corrected chi connectivity index (χ0v) is 10.1. The van der Waals surface area contributed by atoms with Crippen LogP contribution in [0, 0.1) is 0 Å². The summed E-state index contributed by atoms with van der Waals surface area (Å²) in [4.78, 5) is 34.3. The number of rotatable bonds is 4. The van der Waals surface area contributed by atoms with Crippen molar-refractivity contribution in [3.05, 3.63) is 11.3 Å². The van der Waals surface area contributed by atoms with Gasteiger partial charge in [-0.15, -0.1) is 23.4 Å². The number of carboxylic acid groups (broad SMARTS) is 1. The van der Waals surface area contributed by atoms with Gasteiger partial charge >= 0.3 is 5.97 Å². The number of thioether (sulfide) groups is 1. The second kappa shape index (κ2) is 4.58. The second-order valence-corrected chi connectivity index (χ2v) is 4.94. The first-order valence-corrected chi connectivity index (χ1v) is 6.35. The maximum Gasteiger partial charge on any atom is 0.352 e. The van der Waals surface area contributed by atoms with Crippen LogP contribution in [0.25, 0.3) is 0 Å². The number of fused-ring (bicyclic) bond motifs is 1. The molecule has 0 radical (unpaired) electrons. The van der Waals surface area contributed by atoms with Crippen LogP contribution in [0.5, 0.6) is 0 Å². The van der Waals surface area contributed by atoms with Crippen molar-refractivity contribution in [2.24, 2.45) is 0 Å². The van der Waals surface area contributed by atoms with Crippen molar-refractivity contribution in [2.75, 3.05) is 11.6 Å². The molecule has 0 aliphatic carbocycles. The molecule has 92 valence electrons. The van der Waals surface area contributed by atoms with Gasteiger partial charge in [-0.3, -0.25) is 14.5 Å². The fourth-order valence-corrected chi connectivity index (χ4v) is 3.57. The van der Waals surface area contributed by atoms with Gasteiger partial charge in [0.15, 0.2) is 0 Å². The Morgan fingerprint density at radius 2 is 2.41 bits per heavy atom. The van der Waals surface area contributed by atoms with Crippen LogP contribution < -0.4 is 5.32 Å². The molecule has 0 saturated carbocycles. The van der Waals surface area contributed by atoms with Gasteiger partial charge in [-0.25, -0.2) is 4.79 Å². The van der Waals surface area contributed by atoms with Crippen LogP contribution in [-0.2, 0) is 14.4 Å². The number of alkyl halides is 1. The lowest BCUT2D eigenvalue weighted by Gasteiger charge is -2.48. The zero-order chi connectivity index (χ0) is 12.6. The molecule has 0 spiro atoms. The van der Waals surface area contributed by atoms with Gasteiger partial charge < -0.3 is 10.4 Å². The number of aliphatic carboxylic acids is 1. The Hall–Kier alpha value is -1.21. The van der Waals surface area contributed by atoms with Crippen molar-refractivity contribution in [1.82, 2.24) is 10.2 Å². The molecule has 1 fully saturated rings. The van der Waals surface area contributed by atoms with E-state index in [2.05, 4.69) is 5.32 Å². The van der Waals surface area contributed by atoms with E-state index in [0.717, 1.165) is 0 Å². The van der Waals surface area contributed by atoms with Gasteiger partial charge in [0, 0.05) is 11.6 Å². The molecule has 0 aromatic carbocycles. The first kappa shape index (κ1) is 12.3. The third kappa shape index (κ3) is 1.79. The molecule has 17 heavy (non-hydrogen) atoms. The van der Waals surface area contributed by atoms with Gasteiger partial charge in [-0.05, 0) is 5.57 Å². The molecule has 0 aromatic rings. The zero-order valence-electron chi connectivity index (χ0n) is 8.55. The summed E-state index contributed by atoms with van der Waals surface area (Å²) < 4.78 is 0. The summed E-state index contributed by atoms with van der Waals surface area (Å²) in [7, 11) is 0. The number of hydrogen-bond donors (Lipinski definition) is 2. The number of β-lactam (4-membered cyclic amide) rings is 1. The van der Waals surface area contributed by atoms with Crippen LogP contribution in [0.2, 0.25) is 0 Å². The second-order valence-electron chi connectivity index (χ2n) is 3.56. The predicted molar refractivity (Wildman–Crippen MR) is 61.5 cm³/mol. The lowest BCUT2D eigenvalue weighted by Crippen LogP contribution is -2.69. The monoisotopic (exact) mass is 276 g/mol. The van der Waals surface area contributed by atoms with Gasteiger partial charge in [0.25, 0.3) is 5.91 Å². The van der Waals surface area contributed by atoms with Crippen LogP contribution in [0.4, 0.5) is 0 Å². The molecule has 2 amide bonds. The molecule has 2 rings (SSSR count). The number of carbonyl (C=O) groups is 3. The fourth-order valence-electron chi connectivity index (χ4n) is 1.88. The lowest BCUT2D eigenvalue weighted by molar-refractivity contribution is -0.149. The molecular formula is C9H9ClN2O4S. The average Bonchev–Trinajstić information content (AvgIpc) is 2.33. The molecule has 2 aliphatic rings. The van der Waals surface area contributed by atoms with Crippen LogP contribution in [0.3, 0.4) is 0 Å². The number of carbonyl (C=O) groups excluding carboxylic acids is 2. The normalized spacial score (nSPS) is 27.4. The molecule has 2 aliphatic heterocycles. The van der Waals surface area contributed by atoms with E-state index >= 15 is 0 Å². The number of nitrogens with one attached hydrogen (secondary N) is 1. The van der Waals surface area contributed by atoms with Crippen molar-refractivity contribution in [3.8, 4) is 0 Å². The quantitative estimate of drug-likeness (QED) is 0.414. The van der Waals surface area contributed by atoms with Crippen LogP contribution >= 0.6 is 23.4 Å². The first-order chi connectivity index (χ1) is 8.11. The van der Waals surface area contributed by atoms with E-state index in [9.17, 15) is 14.4 Å². The summed E-state index contributed by atoms with van der Waals surface area (Å²) in [5.74, 6) is -1.04. The van der Waals surface area contributed by atoms with Gasteiger partial charge in [0.1, 0.15) is 17.1 Å². The molecule has 2 atom stereocenters. The molecule has 6 nitrogen and oxygen atoms in total. The number of nitrogens with zero attached hydrogens (tertiary/aromatic N) is 1. The Morgan fingerprint density at radius 3 is 2.94 bits per heavy atom. The van der Waals surface area contributed by atoms with E-state index in [4.69, 9.17) is 16.7 Å². The Labute approximate surface area is 106 Å².